The molecule has 0 aliphatic carbocycles. The largest absolute Gasteiger partial charge is 0.349 e. The van der Waals surface area contributed by atoms with Gasteiger partial charge in [-0.15, -0.1) is 0 Å². The molecular formula is C19H21BrN2O2. The fourth-order valence-corrected chi connectivity index (χ4v) is 2.93. The first-order chi connectivity index (χ1) is 11.3. The smallest absolute Gasteiger partial charge is 0.226 e. The lowest BCUT2D eigenvalue weighted by Gasteiger charge is -2.19. The van der Waals surface area contributed by atoms with Crippen molar-refractivity contribution < 1.29 is 9.59 Å². The Labute approximate surface area is 150 Å². The van der Waals surface area contributed by atoms with Crippen molar-refractivity contribution in [2.45, 2.75) is 33.2 Å². The molecule has 2 N–H and O–H groups in total. The SMILES string of the molecule is CC(=O)NC(CC(=O)Nc1ccc(Br)cc1C)c1ccc(C)cc1. The Kier molecular flexibility index (Phi) is 6.15. The second-order valence-electron chi connectivity index (χ2n) is 5.88. The van der Waals surface area contributed by atoms with Crippen molar-refractivity contribution in [3.63, 3.8) is 0 Å². The molecule has 0 aliphatic heterocycles. The number of carbonyl (C=O) groups excluding carboxylic acids is 2. The van der Waals surface area contributed by atoms with Gasteiger partial charge in [-0.1, -0.05) is 45.8 Å². The molecule has 0 radical (unpaired) electrons. The van der Waals surface area contributed by atoms with E-state index in [9.17, 15) is 9.59 Å². The van der Waals surface area contributed by atoms with E-state index in [0.29, 0.717) is 0 Å². The van der Waals surface area contributed by atoms with Gasteiger partial charge in [-0.25, -0.2) is 0 Å². The van der Waals surface area contributed by atoms with Gasteiger partial charge in [0.05, 0.1) is 12.5 Å². The number of halogens is 1. The summed E-state index contributed by atoms with van der Waals surface area (Å²) in [5, 5.41) is 5.76. The van der Waals surface area contributed by atoms with Gasteiger partial charge in [0.15, 0.2) is 0 Å². The van der Waals surface area contributed by atoms with Crippen molar-refractivity contribution in [3.05, 3.63) is 63.6 Å². The van der Waals surface area contributed by atoms with Crippen LogP contribution in [0.2, 0.25) is 0 Å². The molecule has 4 nitrogen and oxygen atoms in total. The third-order valence-corrected chi connectivity index (χ3v) is 4.20. The van der Waals surface area contributed by atoms with E-state index in [1.54, 1.807) is 0 Å². The monoisotopic (exact) mass is 388 g/mol. The Morgan fingerprint density at radius 3 is 2.33 bits per heavy atom. The van der Waals surface area contributed by atoms with E-state index in [4.69, 9.17) is 0 Å². The second-order valence-corrected chi connectivity index (χ2v) is 6.79. The van der Waals surface area contributed by atoms with Crippen molar-refractivity contribution >= 4 is 33.4 Å². The van der Waals surface area contributed by atoms with Gasteiger partial charge in [-0.2, -0.15) is 0 Å². The van der Waals surface area contributed by atoms with E-state index in [0.717, 1.165) is 26.9 Å². The number of nitrogens with one attached hydrogen (secondary N) is 2. The maximum atomic E-state index is 12.4. The molecular weight excluding hydrogens is 368 g/mol. The van der Waals surface area contributed by atoms with E-state index in [1.807, 2.05) is 56.3 Å². The Morgan fingerprint density at radius 2 is 1.75 bits per heavy atom. The summed E-state index contributed by atoms with van der Waals surface area (Å²) in [5.74, 6) is -0.298. The van der Waals surface area contributed by atoms with Crippen molar-refractivity contribution in [3.8, 4) is 0 Å². The van der Waals surface area contributed by atoms with Crippen LogP contribution in [0.15, 0.2) is 46.9 Å². The van der Waals surface area contributed by atoms with Gasteiger partial charge in [0.2, 0.25) is 11.8 Å². The van der Waals surface area contributed by atoms with Crippen LogP contribution in [0.1, 0.15) is 36.1 Å². The molecule has 0 heterocycles. The van der Waals surface area contributed by atoms with Crippen molar-refractivity contribution in [1.82, 2.24) is 5.32 Å². The topological polar surface area (TPSA) is 58.2 Å². The van der Waals surface area contributed by atoms with Gasteiger partial charge in [0, 0.05) is 17.1 Å². The minimum absolute atomic E-state index is 0.139. The highest BCUT2D eigenvalue weighted by Crippen LogP contribution is 2.22. The van der Waals surface area contributed by atoms with E-state index in [-0.39, 0.29) is 24.3 Å². The summed E-state index contributed by atoms with van der Waals surface area (Å²) < 4.78 is 0.966. The molecule has 0 fully saturated rings. The summed E-state index contributed by atoms with van der Waals surface area (Å²) in [6, 6.07) is 13.2. The Balaban J connectivity index is 2.12. The van der Waals surface area contributed by atoms with Gasteiger partial charge in [0.1, 0.15) is 0 Å². The number of anilines is 1. The zero-order chi connectivity index (χ0) is 17.7. The van der Waals surface area contributed by atoms with Crippen LogP contribution in [-0.4, -0.2) is 11.8 Å². The Morgan fingerprint density at radius 1 is 1.08 bits per heavy atom. The zero-order valence-corrected chi connectivity index (χ0v) is 15.6. The fraction of sp³-hybridized carbons (Fsp3) is 0.263. The molecule has 1 unspecified atom stereocenters. The zero-order valence-electron chi connectivity index (χ0n) is 14.0. The number of benzene rings is 2. The van der Waals surface area contributed by atoms with Gasteiger partial charge in [0.25, 0.3) is 0 Å². The van der Waals surface area contributed by atoms with Crippen LogP contribution >= 0.6 is 15.9 Å². The Hall–Kier alpha value is -2.14. The number of amides is 2. The molecule has 5 heteroatoms. The highest BCUT2D eigenvalue weighted by Gasteiger charge is 2.17. The van der Waals surface area contributed by atoms with Gasteiger partial charge >= 0.3 is 0 Å². The normalized spacial score (nSPS) is 11.7. The van der Waals surface area contributed by atoms with E-state index >= 15 is 0 Å². The van der Waals surface area contributed by atoms with Crippen LogP contribution in [-0.2, 0) is 9.59 Å². The maximum Gasteiger partial charge on any atom is 0.226 e. The predicted molar refractivity (Wildman–Crippen MR) is 99.9 cm³/mol. The Bertz CT molecular complexity index is 742. The molecule has 24 heavy (non-hydrogen) atoms. The molecule has 0 saturated carbocycles. The van der Waals surface area contributed by atoms with Gasteiger partial charge in [-0.05, 0) is 43.2 Å². The van der Waals surface area contributed by atoms with Crippen LogP contribution in [0.5, 0.6) is 0 Å². The lowest BCUT2D eigenvalue weighted by Crippen LogP contribution is -2.29. The van der Waals surface area contributed by atoms with E-state index in [2.05, 4.69) is 26.6 Å². The summed E-state index contributed by atoms with van der Waals surface area (Å²) >= 11 is 3.41. The van der Waals surface area contributed by atoms with E-state index < -0.39 is 0 Å². The molecule has 2 amide bonds. The lowest BCUT2D eigenvalue weighted by molar-refractivity contribution is -0.120. The number of hydrogen-bond donors (Lipinski definition) is 2. The van der Waals surface area contributed by atoms with Crippen LogP contribution < -0.4 is 10.6 Å². The predicted octanol–water partition coefficient (Wildman–Crippen LogP) is 4.27. The van der Waals surface area contributed by atoms with Crippen LogP contribution in [0, 0.1) is 13.8 Å². The van der Waals surface area contributed by atoms with Crippen LogP contribution in [0.4, 0.5) is 5.69 Å². The maximum absolute atomic E-state index is 12.4. The molecule has 0 spiro atoms. The third-order valence-electron chi connectivity index (χ3n) is 3.71. The number of hydrogen-bond acceptors (Lipinski definition) is 2. The van der Waals surface area contributed by atoms with Gasteiger partial charge < -0.3 is 10.6 Å². The quantitative estimate of drug-likeness (QED) is 0.803. The molecule has 0 aliphatic rings. The molecule has 126 valence electrons. The minimum atomic E-state index is -0.348. The first kappa shape index (κ1) is 18.2. The molecule has 2 aromatic carbocycles. The molecule has 1 atom stereocenters. The summed E-state index contributed by atoms with van der Waals surface area (Å²) in [7, 11) is 0. The molecule has 2 rings (SSSR count). The lowest BCUT2D eigenvalue weighted by atomic mass is 10.0. The summed E-state index contributed by atoms with van der Waals surface area (Å²) in [6.07, 6.45) is 0.179. The first-order valence-electron chi connectivity index (χ1n) is 7.75. The number of aryl methyl sites for hydroxylation is 2. The van der Waals surface area contributed by atoms with Crippen molar-refractivity contribution in [2.24, 2.45) is 0 Å². The van der Waals surface area contributed by atoms with Crippen molar-refractivity contribution in [2.75, 3.05) is 5.32 Å². The first-order valence-corrected chi connectivity index (χ1v) is 8.54. The molecule has 0 saturated heterocycles. The average molecular weight is 389 g/mol. The number of rotatable bonds is 5. The summed E-state index contributed by atoms with van der Waals surface area (Å²) in [5.41, 5.74) is 3.80. The number of carbonyl (C=O) groups is 2. The third kappa shape index (κ3) is 5.20. The molecule has 0 bridgehead atoms. The second kappa shape index (κ2) is 8.11. The fourth-order valence-electron chi connectivity index (χ4n) is 2.45. The van der Waals surface area contributed by atoms with Crippen LogP contribution in [0.3, 0.4) is 0 Å². The highest BCUT2D eigenvalue weighted by molar-refractivity contribution is 9.10. The average Bonchev–Trinajstić information content (AvgIpc) is 2.50. The van der Waals surface area contributed by atoms with Crippen LogP contribution in [0.25, 0.3) is 0 Å². The van der Waals surface area contributed by atoms with Gasteiger partial charge in [-0.3, -0.25) is 9.59 Å². The van der Waals surface area contributed by atoms with E-state index in [1.165, 1.54) is 6.92 Å². The minimum Gasteiger partial charge on any atom is -0.349 e. The summed E-state index contributed by atoms with van der Waals surface area (Å²) in [4.78, 5) is 23.9. The molecule has 2 aromatic rings. The molecule has 0 aromatic heterocycles. The highest BCUT2D eigenvalue weighted by atomic mass is 79.9. The van der Waals surface area contributed by atoms with Crippen molar-refractivity contribution in [1.29, 1.82) is 0 Å². The summed E-state index contributed by atoms with van der Waals surface area (Å²) in [6.45, 7) is 5.39. The standard InChI is InChI=1S/C19H21BrN2O2/c1-12-4-6-15(7-5-12)18(21-14(3)23)11-19(24)22-17-9-8-16(20)10-13(17)2/h4-10,18H,11H2,1-3H3,(H,21,23)(H,22,24).